The number of carbonyl (C=O) groups excluding carboxylic acids is 2. The first-order valence-electron chi connectivity index (χ1n) is 11.4. The number of carbonyl (C=O) groups is 2. The molecular formula is C24H31ClN2O7. The second-order valence-corrected chi connectivity index (χ2v) is 9.69. The third-order valence-corrected chi connectivity index (χ3v) is 7.84. The Balaban J connectivity index is 0.00000274. The predicted molar refractivity (Wildman–Crippen MR) is 123 cm³/mol. The summed E-state index contributed by atoms with van der Waals surface area (Å²) in [7, 11) is 2.02. The van der Waals surface area contributed by atoms with Gasteiger partial charge in [-0.05, 0) is 51.9 Å². The van der Waals surface area contributed by atoms with Gasteiger partial charge in [0.15, 0.2) is 12.2 Å². The summed E-state index contributed by atoms with van der Waals surface area (Å²) in [6.07, 6.45) is 1.41. The van der Waals surface area contributed by atoms with Crippen LogP contribution in [0.5, 0.6) is 5.75 Å². The summed E-state index contributed by atoms with van der Waals surface area (Å²) in [4.78, 5) is 26.8. The van der Waals surface area contributed by atoms with Crippen molar-refractivity contribution in [2.24, 2.45) is 5.73 Å². The molecule has 0 radical (unpaired) electrons. The molecule has 0 unspecified atom stereocenters. The van der Waals surface area contributed by atoms with E-state index in [0.717, 1.165) is 17.7 Å². The van der Waals surface area contributed by atoms with Gasteiger partial charge in [-0.3, -0.25) is 4.79 Å². The highest BCUT2D eigenvalue weighted by Gasteiger charge is 2.71. The number of piperidine rings is 1. The minimum absolute atomic E-state index is 0. The Kier molecular flexibility index (Phi) is 6.23. The predicted octanol–water partition coefficient (Wildman–Crippen LogP) is 0.700. The summed E-state index contributed by atoms with van der Waals surface area (Å²) in [5.41, 5.74) is 6.25. The molecule has 2 heterocycles. The van der Waals surface area contributed by atoms with Crippen molar-refractivity contribution in [2.75, 3.05) is 13.6 Å². The van der Waals surface area contributed by atoms with E-state index < -0.39 is 41.2 Å². The van der Waals surface area contributed by atoms with Gasteiger partial charge in [0.25, 0.3) is 0 Å². The lowest BCUT2D eigenvalue weighted by molar-refractivity contribution is -0.175. The maximum absolute atomic E-state index is 12.8. The molecule has 6 atom stereocenters. The highest BCUT2D eigenvalue weighted by atomic mass is 35.5. The number of aliphatic hydroxyl groups is 2. The zero-order chi connectivity index (χ0) is 23.7. The molecule has 2 aliphatic carbocycles. The van der Waals surface area contributed by atoms with Crippen LogP contribution in [0.25, 0.3) is 0 Å². The van der Waals surface area contributed by atoms with E-state index in [9.17, 15) is 19.8 Å². The normalized spacial score (nSPS) is 32.4. The molecule has 4 aliphatic rings. The lowest BCUT2D eigenvalue weighted by Crippen LogP contribution is -2.74. The Bertz CT molecular complexity index is 1060. The van der Waals surface area contributed by atoms with Crippen LogP contribution in [-0.2, 0) is 37.5 Å². The van der Waals surface area contributed by atoms with Crippen LogP contribution in [-0.4, -0.2) is 70.5 Å². The van der Waals surface area contributed by atoms with Crippen molar-refractivity contribution < 1.29 is 34.0 Å². The van der Waals surface area contributed by atoms with Gasteiger partial charge >= 0.3 is 11.9 Å². The van der Waals surface area contributed by atoms with Gasteiger partial charge in [-0.1, -0.05) is 12.1 Å². The molecule has 2 bridgehead atoms. The Morgan fingerprint density at radius 1 is 1.32 bits per heavy atom. The number of benzene rings is 1. The van der Waals surface area contributed by atoms with E-state index in [0.29, 0.717) is 36.3 Å². The van der Waals surface area contributed by atoms with Crippen molar-refractivity contribution in [3.8, 4) is 5.75 Å². The lowest BCUT2D eigenvalue weighted by atomic mass is 9.50. The van der Waals surface area contributed by atoms with Gasteiger partial charge in [0, 0.05) is 23.6 Å². The van der Waals surface area contributed by atoms with Gasteiger partial charge in [0.2, 0.25) is 0 Å². The van der Waals surface area contributed by atoms with Crippen molar-refractivity contribution in [1.29, 1.82) is 0 Å². The second kappa shape index (κ2) is 8.49. The molecule has 2 aliphatic heterocycles. The van der Waals surface area contributed by atoms with Crippen molar-refractivity contribution in [2.45, 2.75) is 75.0 Å². The number of nitrogens with zero attached hydrogens (tertiary/aromatic N) is 1. The topological polar surface area (TPSA) is 132 Å². The molecule has 10 heteroatoms. The van der Waals surface area contributed by atoms with Crippen molar-refractivity contribution in [3.05, 3.63) is 40.7 Å². The number of nitrogens with two attached hydrogens (primary N) is 1. The lowest BCUT2D eigenvalue weighted by Gasteiger charge is -2.61. The fourth-order valence-corrected chi connectivity index (χ4v) is 6.16. The monoisotopic (exact) mass is 494 g/mol. The molecule has 34 heavy (non-hydrogen) atoms. The minimum Gasteiger partial charge on any atom is -0.481 e. The van der Waals surface area contributed by atoms with Crippen LogP contribution in [0.15, 0.2) is 24.0 Å². The number of aliphatic hydroxyl groups excluding tert-OH is 1. The quantitative estimate of drug-likeness (QED) is 0.506. The van der Waals surface area contributed by atoms with Crippen LogP contribution in [0.1, 0.15) is 43.4 Å². The van der Waals surface area contributed by atoms with Gasteiger partial charge in [0.05, 0.1) is 17.6 Å². The first kappa shape index (κ1) is 24.9. The number of halogens is 1. The number of ether oxygens (including phenoxy) is 3. The van der Waals surface area contributed by atoms with E-state index in [1.54, 1.807) is 6.08 Å². The first-order chi connectivity index (χ1) is 15.6. The van der Waals surface area contributed by atoms with E-state index in [2.05, 4.69) is 4.90 Å². The molecule has 1 fully saturated rings. The second-order valence-electron chi connectivity index (χ2n) is 9.69. The Labute approximate surface area is 204 Å². The third kappa shape index (κ3) is 3.21. The van der Waals surface area contributed by atoms with Crippen molar-refractivity contribution in [3.63, 3.8) is 0 Å². The van der Waals surface area contributed by atoms with Crippen LogP contribution in [0.3, 0.4) is 0 Å². The maximum Gasteiger partial charge on any atom is 0.352 e. The molecule has 186 valence electrons. The molecule has 0 aromatic heterocycles. The zero-order valence-electron chi connectivity index (χ0n) is 19.4. The number of rotatable bonds is 5. The van der Waals surface area contributed by atoms with Crippen LogP contribution in [0.4, 0.5) is 0 Å². The summed E-state index contributed by atoms with van der Waals surface area (Å²) in [5, 5.41) is 22.1. The van der Waals surface area contributed by atoms with Gasteiger partial charge in [-0.15, -0.1) is 12.4 Å². The fraction of sp³-hybridized carbons (Fsp3) is 0.583. The van der Waals surface area contributed by atoms with E-state index in [1.165, 1.54) is 13.8 Å². The van der Waals surface area contributed by atoms with E-state index in [1.807, 2.05) is 19.2 Å². The molecule has 5 rings (SSSR count). The van der Waals surface area contributed by atoms with Crippen LogP contribution < -0.4 is 10.5 Å². The Morgan fingerprint density at radius 2 is 2.06 bits per heavy atom. The SMILES string of the molecule is C[C@H](N)C(=O)O[C@@H](C)C(=O)OC1=CC[C@@]2(O)[C@H]3Cc4ccc(CO)c5c4[C@@]2(CCN3C)[C@H]1O5.Cl. The first-order valence-corrected chi connectivity index (χ1v) is 11.4. The summed E-state index contributed by atoms with van der Waals surface area (Å²) < 4.78 is 17.2. The van der Waals surface area contributed by atoms with Crippen LogP contribution in [0.2, 0.25) is 0 Å². The van der Waals surface area contributed by atoms with Crippen molar-refractivity contribution >= 4 is 24.3 Å². The molecular weight excluding hydrogens is 464 g/mol. The largest absolute Gasteiger partial charge is 0.481 e. The molecule has 1 aromatic carbocycles. The Hall–Kier alpha value is -2.17. The standard InChI is InChI=1S/C24H30N2O7.ClH/c1-12(25)21(28)31-13(2)22(29)32-16-6-7-24(30)17-10-14-4-5-15(11-27)19-18(14)23(24,20(16)33-19)8-9-26(17)3;/h4-6,12-13,17,20,27,30H,7-11,25H2,1-3H3;1H/t12-,13-,17+,20-,23-,24+;/m0./s1. The van der Waals surface area contributed by atoms with E-state index >= 15 is 0 Å². The Morgan fingerprint density at radius 3 is 2.74 bits per heavy atom. The molecule has 0 amide bonds. The fourth-order valence-electron chi connectivity index (χ4n) is 6.16. The summed E-state index contributed by atoms with van der Waals surface area (Å²) in [6, 6.07) is 2.88. The molecule has 9 nitrogen and oxygen atoms in total. The molecule has 4 N–H and O–H groups in total. The number of hydrogen-bond acceptors (Lipinski definition) is 9. The molecule has 1 spiro atoms. The highest BCUT2D eigenvalue weighted by molar-refractivity contribution is 5.85. The average Bonchev–Trinajstić information content (AvgIpc) is 3.13. The van der Waals surface area contributed by atoms with Crippen LogP contribution >= 0.6 is 12.4 Å². The smallest absolute Gasteiger partial charge is 0.352 e. The maximum atomic E-state index is 12.8. The third-order valence-electron chi connectivity index (χ3n) is 7.84. The van der Waals surface area contributed by atoms with Gasteiger partial charge < -0.3 is 35.1 Å². The van der Waals surface area contributed by atoms with Gasteiger partial charge in [-0.25, -0.2) is 4.79 Å². The summed E-state index contributed by atoms with van der Waals surface area (Å²) >= 11 is 0. The molecule has 1 saturated heterocycles. The van der Waals surface area contributed by atoms with E-state index in [4.69, 9.17) is 19.9 Å². The number of likely N-dealkylation sites (tertiary alicyclic amines) is 1. The average molecular weight is 495 g/mol. The number of likely N-dealkylation sites (N-methyl/N-ethyl adjacent to an activating group) is 1. The molecule has 1 aromatic rings. The number of hydrogen-bond donors (Lipinski definition) is 3. The van der Waals surface area contributed by atoms with Gasteiger partial charge in [-0.2, -0.15) is 0 Å². The zero-order valence-corrected chi connectivity index (χ0v) is 20.3. The van der Waals surface area contributed by atoms with Gasteiger partial charge in [0.1, 0.15) is 17.6 Å². The number of esters is 2. The van der Waals surface area contributed by atoms with Crippen LogP contribution in [0, 0.1) is 0 Å². The van der Waals surface area contributed by atoms with E-state index in [-0.39, 0.29) is 25.1 Å². The molecule has 0 saturated carbocycles. The highest BCUT2D eigenvalue weighted by Crippen LogP contribution is 2.64. The van der Waals surface area contributed by atoms with Crippen molar-refractivity contribution in [1.82, 2.24) is 4.90 Å². The summed E-state index contributed by atoms with van der Waals surface area (Å²) in [5.74, 6) is -0.567. The summed E-state index contributed by atoms with van der Waals surface area (Å²) in [6.45, 7) is 3.46. The minimum atomic E-state index is -1.15.